The first-order chi connectivity index (χ1) is 10.5. The second-order valence-electron chi connectivity index (χ2n) is 4.73. The van der Waals surface area contributed by atoms with E-state index in [9.17, 15) is 15.0 Å². The van der Waals surface area contributed by atoms with Crippen molar-refractivity contribution in [2.75, 3.05) is 7.11 Å². The predicted molar refractivity (Wildman–Crippen MR) is 87.1 cm³/mol. The quantitative estimate of drug-likeness (QED) is 0.687. The van der Waals surface area contributed by atoms with Gasteiger partial charge in [-0.3, -0.25) is 9.36 Å². The maximum Gasteiger partial charge on any atom is 0.267 e. The number of halogens is 1. The lowest BCUT2D eigenvalue weighted by molar-refractivity contribution is 0.409. The lowest BCUT2D eigenvalue weighted by Gasteiger charge is -2.12. The van der Waals surface area contributed by atoms with Crippen LogP contribution in [-0.4, -0.2) is 21.9 Å². The van der Waals surface area contributed by atoms with Gasteiger partial charge in [-0.1, -0.05) is 0 Å². The van der Waals surface area contributed by atoms with E-state index in [0.29, 0.717) is 21.4 Å². The second-order valence-corrected chi connectivity index (χ2v) is 5.55. The molecule has 6 heteroatoms. The van der Waals surface area contributed by atoms with E-state index in [2.05, 4.69) is 15.9 Å². The molecule has 5 nitrogen and oxygen atoms in total. The highest BCUT2D eigenvalue weighted by Crippen LogP contribution is 2.30. The Morgan fingerprint density at radius 1 is 1.09 bits per heavy atom. The number of ether oxygens (including phenoxy) is 1. The van der Waals surface area contributed by atoms with E-state index in [-0.39, 0.29) is 22.4 Å². The smallest absolute Gasteiger partial charge is 0.267 e. The van der Waals surface area contributed by atoms with Crippen molar-refractivity contribution in [2.45, 2.75) is 0 Å². The third-order valence-electron chi connectivity index (χ3n) is 3.37. The molecule has 0 spiro atoms. The van der Waals surface area contributed by atoms with Gasteiger partial charge in [0.1, 0.15) is 17.2 Å². The van der Waals surface area contributed by atoms with Crippen LogP contribution < -0.4 is 10.3 Å². The number of methoxy groups -OCH3 is 1. The molecule has 3 rings (SSSR count). The minimum atomic E-state index is -0.366. The number of aromatic hydroxyl groups is 2. The van der Waals surface area contributed by atoms with Gasteiger partial charge in [-0.05, 0) is 57.7 Å². The Balaban J connectivity index is 2.35. The van der Waals surface area contributed by atoms with Crippen molar-refractivity contribution in [3.8, 4) is 22.9 Å². The molecule has 1 heterocycles. The van der Waals surface area contributed by atoms with E-state index in [1.54, 1.807) is 24.3 Å². The molecule has 22 heavy (non-hydrogen) atoms. The number of hydrogen-bond donors (Lipinski definition) is 2. The van der Waals surface area contributed by atoms with Crippen LogP contribution in [0.4, 0.5) is 0 Å². The van der Waals surface area contributed by atoms with Gasteiger partial charge < -0.3 is 14.9 Å². The molecule has 0 aliphatic rings. The summed E-state index contributed by atoms with van der Waals surface area (Å²) in [5.41, 5.74) is 0.210. The summed E-state index contributed by atoms with van der Waals surface area (Å²) in [6.07, 6.45) is 0. The molecule has 1 aromatic heterocycles. The normalized spacial score (nSPS) is 10.8. The number of hydrogen-bond acceptors (Lipinski definition) is 4. The van der Waals surface area contributed by atoms with Crippen LogP contribution in [0.15, 0.2) is 51.9 Å². The van der Waals surface area contributed by atoms with E-state index in [0.717, 1.165) is 0 Å². The molecule has 0 aliphatic heterocycles. The number of nitrogens with zero attached hydrogens (tertiary/aromatic N) is 1. The Labute approximate surface area is 134 Å². The van der Waals surface area contributed by atoms with Crippen molar-refractivity contribution < 1.29 is 14.9 Å². The lowest BCUT2D eigenvalue weighted by Crippen LogP contribution is -2.19. The summed E-state index contributed by atoms with van der Waals surface area (Å²) < 4.78 is 7.04. The van der Waals surface area contributed by atoms with Gasteiger partial charge in [0.15, 0.2) is 0 Å². The van der Waals surface area contributed by atoms with Gasteiger partial charge in [0, 0.05) is 6.07 Å². The molecule has 0 aliphatic carbocycles. The van der Waals surface area contributed by atoms with Crippen molar-refractivity contribution >= 4 is 26.7 Å². The Morgan fingerprint density at radius 3 is 2.41 bits per heavy atom. The van der Waals surface area contributed by atoms with Crippen LogP contribution in [0, 0.1) is 0 Å². The Kier molecular flexibility index (Phi) is 3.54. The van der Waals surface area contributed by atoms with Crippen molar-refractivity contribution in [3.05, 3.63) is 57.4 Å². The minimum absolute atomic E-state index is 0.112. The van der Waals surface area contributed by atoms with Crippen molar-refractivity contribution in [3.63, 3.8) is 0 Å². The molecule has 2 N–H and O–H groups in total. The summed E-state index contributed by atoms with van der Waals surface area (Å²) in [6.45, 7) is 0. The van der Waals surface area contributed by atoms with Gasteiger partial charge in [0.25, 0.3) is 5.56 Å². The van der Waals surface area contributed by atoms with Crippen LogP contribution in [0.5, 0.6) is 17.2 Å². The zero-order chi connectivity index (χ0) is 15.9. The molecule has 2 aromatic carbocycles. The average Bonchev–Trinajstić information content (AvgIpc) is 2.48. The number of pyridine rings is 1. The van der Waals surface area contributed by atoms with E-state index < -0.39 is 0 Å². The van der Waals surface area contributed by atoms with Crippen LogP contribution in [0.1, 0.15) is 0 Å². The summed E-state index contributed by atoms with van der Waals surface area (Å²) in [5, 5.41) is 20.3. The lowest BCUT2D eigenvalue weighted by atomic mass is 10.1. The number of aromatic nitrogens is 1. The van der Waals surface area contributed by atoms with Gasteiger partial charge in [0.05, 0.1) is 22.8 Å². The SMILES string of the molecule is COc1cc(O)c2c(=O)n(-c3ccc(O)cc3)c(Br)cc2c1. The maximum atomic E-state index is 12.7. The zero-order valence-corrected chi connectivity index (χ0v) is 13.2. The third-order valence-corrected chi connectivity index (χ3v) is 3.95. The summed E-state index contributed by atoms with van der Waals surface area (Å²) in [6, 6.07) is 11.0. The minimum Gasteiger partial charge on any atom is -0.508 e. The van der Waals surface area contributed by atoms with Crippen LogP contribution in [0.2, 0.25) is 0 Å². The zero-order valence-electron chi connectivity index (χ0n) is 11.6. The highest BCUT2D eigenvalue weighted by molar-refractivity contribution is 9.10. The first-order valence-corrected chi connectivity index (χ1v) is 7.22. The van der Waals surface area contributed by atoms with Crippen molar-refractivity contribution in [1.82, 2.24) is 4.57 Å². The largest absolute Gasteiger partial charge is 0.508 e. The molecule has 0 unspecified atom stereocenters. The first-order valence-electron chi connectivity index (χ1n) is 6.43. The number of benzene rings is 2. The fraction of sp³-hybridized carbons (Fsp3) is 0.0625. The molecular weight excluding hydrogens is 350 g/mol. The summed E-state index contributed by atoms with van der Waals surface area (Å²) in [5.74, 6) is 0.444. The summed E-state index contributed by atoms with van der Waals surface area (Å²) in [7, 11) is 1.49. The van der Waals surface area contributed by atoms with Gasteiger partial charge in [-0.2, -0.15) is 0 Å². The molecule has 0 amide bonds. The number of phenolic OH excluding ortho intramolecular Hbond substituents is 2. The van der Waals surface area contributed by atoms with Crippen LogP contribution in [0.3, 0.4) is 0 Å². The molecule has 3 aromatic rings. The van der Waals surface area contributed by atoms with Crippen LogP contribution in [-0.2, 0) is 0 Å². The monoisotopic (exact) mass is 361 g/mol. The third kappa shape index (κ3) is 2.31. The first kappa shape index (κ1) is 14.5. The molecule has 112 valence electrons. The van der Waals surface area contributed by atoms with Gasteiger partial charge in [-0.15, -0.1) is 0 Å². The van der Waals surface area contributed by atoms with Gasteiger partial charge >= 0.3 is 0 Å². The van der Waals surface area contributed by atoms with Crippen molar-refractivity contribution in [2.24, 2.45) is 0 Å². The number of phenols is 2. The fourth-order valence-corrected chi connectivity index (χ4v) is 2.94. The predicted octanol–water partition coefficient (Wildman–Crippen LogP) is 3.17. The summed E-state index contributed by atoms with van der Waals surface area (Å²) >= 11 is 3.37. The second kappa shape index (κ2) is 5.38. The Morgan fingerprint density at radius 2 is 1.77 bits per heavy atom. The van der Waals surface area contributed by atoms with E-state index in [1.807, 2.05) is 0 Å². The van der Waals surface area contributed by atoms with Crippen molar-refractivity contribution in [1.29, 1.82) is 0 Å². The molecule has 0 bridgehead atoms. The van der Waals surface area contributed by atoms with Gasteiger partial charge in [0.2, 0.25) is 0 Å². The Bertz CT molecular complexity index is 916. The number of fused-ring (bicyclic) bond motifs is 1. The van der Waals surface area contributed by atoms with E-state index >= 15 is 0 Å². The Hall–Kier alpha value is -2.47. The molecule has 0 saturated carbocycles. The molecule has 0 saturated heterocycles. The van der Waals surface area contributed by atoms with Crippen LogP contribution >= 0.6 is 15.9 Å². The molecule has 0 fully saturated rings. The van der Waals surface area contributed by atoms with E-state index in [4.69, 9.17) is 4.74 Å². The molecule has 0 radical (unpaired) electrons. The van der Waals surface area contributed by atoms with Gasteiger partial charge in [-0.25, -0.2) is 0 Å². The average molecular weight is 362 g/mol. The highest BCUT2D eigenvalue weighted by atomic mass is 79.9. The standard InChI is InChI=1S/C16H12BrNO4/c1-22-12-6-9-7-14(17)18(10-2-4-11(19)5-3-10)16(21)15(9)13(20)8-12/h2-8,19-20H,1H3. The highest BCUT2D eigenvalue weighted by Gasteiger charge is 2.14. The fourth-order valence-electron chi connectivity index (χ4n) is 2.33. The maximum absolute atomic E-state index is 12.7. The molecular formula is C16H12BrNO4. The number of rotatable bonds is 2. The van der Waals surface area contributed by atoms with E-state index in [1.165, 1.54) is 29.9 Å². The summed E-state index contributed by atoms with van der Waals surface area (Å²) in [4.78, 5) is 12.7. The topological polar surface area (TPSA) is 71.7 Å². The molecule has 0 atom stereocenters. The van der Waals surface area contributed by atoms with Crippen LogP contribution in [0.25, 0.3) is 16.5 Å².